The van der Waals surface area contributed by atoms with E-state index in [2.05, 4.69) is 5.32 Å². The van der Waals surface area contributed by atoms with E-state index in [4.69, 9.17) is 10.5 Å². The van der Waals surface area contributed by atoms with E-state index >= 15 is 0 Å². The molecule has 198 valence electrons. The van der Waals surface area contributed by atoms with Crippen molar-refractivity contribution < 1.29 is 45.4 Å². The van der Waals surface area contributed by atoms with Gasteiger partial charge < -0.3 is 20.9 Å². The zero-order chi connectivity index (χ0) is 27.1. The number of carboxylic acid groups (broad SMARTS) is 1. The van der Waals surface area contributed by atoms with Gasteiger partial charge in [0.25, 0.3) is 0 Å². The van der Waals surface area contributed by atoms with Crippen LogP contribution in [0.4, 0.5) is 30.7 Å². The summed E-state index contributed by atoms with van der Waals surface area (Å²) in [5.41, 5.74) is 2.25. The number of benzene rings is 2. The van der Waals surface area contributed by atoms with Crippen molar-refractivity contribution in [3.8, 4) is 0 Å². The number of hydrogen-bond acceptors (Lipinski definition) is 4. The quantitative estimate of drug-likeness (QED) is 0.433. The number of nitrogens with two attached hydrogens (primary N) is 1. The summed E-state index contributed by atoms with van der Waals surface area (Å²) in [5, 5.41) is 12.4. The summed E-state index contributed by atoms with van der Waals surface area (Å²) in [4.78, 5) is 11.4. The highest BCUT2D eigenvalue weighted by molar-refractivity contribution is 5.68. The molecule has 1 aliphatic heterocycles. The lowest BCUT2D eigenvalue weighted by molar-refractivity contribution is -0.143. The fourth-order valence-corrected chi connectivity index (χ4v) is 4.57. The zero-order valence-electron chi connectivity index (χ0n) is 19.3. The van der Waals surface area contributed by atoms with Gasteiger partial charge in [-0.25, -0.2) is 4.39 Å². The Morgan fingerprint density at radius 2 is 1.61 bits per heavy atom. The van der Waals surface area contributed by atoms with Gasteiger partial charge in [-0.05, 0) is 55.3 Å². The van der Waals surface area contributed by atoms with Crippen LogP contribution < -0.4 is 11.1 Å². The molecule has 0 bridgehead atoms. The molecule has 3 rings (SSSR count). The third-order valence-electron chi connectivity index (χ3n) is 6.25. The summed E-state index contributed by atoms with van der Waals surface area (Å²) >= 11 is 0. The normalized spacial score (nSPS) is 23.3. The Hall–Kier alpha value is -2.70. The second kappa shape index (κ2) is 9.98. The summed E-state index contributed by atoms with van der Waals surface area (Å²) in [6, 6.07) is 5.79. The van der Waals surface area contributed by atoms with E-state index < -0.39 is 71.4 Å². The molecule has 2 aromatic carbocycles. The third-order valence-corrected chi connectivity index (χ3v) is 6.25. The molecule has 1 saturated heterocycles. The van der Waals surface area contributed by atoms with Gasteiger partial charge in [0.1, 0.15) is 5.82 Å². The van der Waals surface area contributed by atoms with Gasteiger partial charge in [0.15, 0.2) is 0 Å². The van der Waals surface area contributed by atoms with Crippen molar-refractivity contribution in [2.75, 3.05) is 6.54 Å². The number of hydrogen-bond donors (Lipinski definition) is 3. The molecule has 0 amide bonds. The molecule has 1 heterocycles. The SMILES string of the molecule is C[C@@H](O[C@H]1CN[C@@H](C(C)(N)CC(=O)O)[C@@H]1c1ccc(F)cc1)c1cc(C(F)(F)F)cc(C(F)(F)F)c1. The van der Waals surface area contributed by atoms with Gasteiger partial charge in [-0.1, -0.05) is 12.1 Å². The molecule has 0 aliphatic carbocycles. The smallest absolute Gasteiger partial charge is 0.416 e. The molecule has 5 atom stereocenters. The lowest BCUT2D eigenvalue weighted by Gasteiger charge is -2.36. The molecular weight excluding hydrogens is 497 g/mol. The van der Waals surface area contributed by atoms with Crippen LogP contribution in [0.5, 0.6) is 0 Å². The number of ether oxygens (including phenoxy) is 1. The minimum absolute atomic E-state index is 0.0381. The van der Waals surface area contributed by atoms with Crippen LogP contribution in [0.3, 0.4) is 0 Å². The molecule has 0 saturated carbocycles. The lowest BCUT2D eigenvalue weighted by Crippen LogP contribution is -2.56. The van der Waals surface area contributed by atoms with Crippen LogP contribution in [0.2, 0.25) is 0 Å². The van der Waals surface area contributed by atoms with Crippen molar-refractivity contribution in [2.24, 2.45) is 5.73 Å². The monoisotopic (exact) mass is 522 g/mol. The summed E-state index contributed by atoms with van der Waals surface area (Å²) in [7, 11) is 0. The minimum Gasteiger partial charge on any atom is -0.481 e. The second-order valence-electron chi connectivity index (χ2n) is 9.20. The molecule has 2 aromatic rings. The third kappa shape index (κ3) is 6.34. The Morgan fingerprint density at radius 3 is 2.08 bits per heavy atom. The Morgan fingerprint density at radius 1 is 1.08 bits per heavy atom. The van der Waals surface area contributed by atoms with Crippen LogP contribution >= 0.6 is 0 Å². The highest BCUT2D eigenvalue weighted by Gasteiger charge is 2.47. The van der Waals surface area contributed by atoms with Crippen molar-refractivity contribution in [2.45, 2.75) is 62.3 Å². The van der Waals surface area contributed by atoms with E-state index in [0.717, 1.165) is 0 Å². The van der Waals surface area contributed by atoms with E-state index in [1.807, 2.05) is 0 Å². The summed E-state index contributed by atoms with van der Waals surface area (Å²) in [5.74, 6) is -2.37. The van der Waals surface area contributed by atoms with Crippen LogP contribution in [-0.2, 0) is 21.9 Å². The molecule has 4 N–H and O–H groups in total. The minimum atomic E-state index is -5.01. The van der Waals surface area contributed by atoms with Crippen LogP contribution in [0, 0.1) is 5.82 Å². The van der Waals surface area contributed by atoms with E-state index in [1.54, 1.807) is 0 Å². The first-order chi connectivity index (χ1) is 16.5. The van der Waals surface area contributed by atoms with Crippen LogP contribution in [0.25, 0.3) is 0 Å². The number of nitrogens with one attached hydrogen (secondary N) is 1. The Balaban J connectivity index is 1.97. The topological polar surface area (TPSA) is 84.6 Å². The fourth-order valence-electron chi connectivity index (χ4n) is 4.57. The zero-order valence-corrected chi connectivity index (χ0v) is 19.3. The predicted octanol–water partition coefficient (Wildman–Crippen LogP) is 5.26. The van der Waals surface area contributed by atoms with Gasteiger partial charge >= 0.3 is 18.3 Å². The molecular formula is C24H25F7N2O3. The Labute approximate surface area is 202 Å². The molecule has 1 aliphatic rings. The van der Waals surface area contributed by atoms with E-state index in [1.165, 1.54) is 38.1 Å². The highest BCUT2D eigenvalue weighted by atomic mass is 19.4. The summed E-state index contributed by atoms with van der Waals surface area (Å²) in [6.45, 7) is 2.90. The first-order valence-electron chi connectivity index (χ1n) is 10.9. The van der Waals surface area contributed by atoms with E-state index in [9.17, 15) is 40.6 Å². The number of carbonyl (C=O) groups is 1. The van der Waals surface area contributed by atoms with Gasteiger partial charge in [-0.2, -0.15) is 26.3 Å². The number of aliphatic carboxylic acids is 1. The molecule has 1 fully saturated rings. The average Bonchev–Trinajstić information content (AvgIpc) is 3.16. The van der Waals surface area contributed by atoms with Crippen LogP contribution in [0.15, 0.2) is 42.5 Å². The fraction of sp³-hybridized carbons (Fsp3) is 0.458. The first kappa shape index (κ1) is 27.9. The Bertz CT molecular complexity index is 1050. The maximum Gasteiger partial charge on any atom is 0.416 e. The van der Waals surface area contributed by atoms with Crippen LogP contribution in [0.1, 0.15) is 54.5 Å². The van der Waals surface area contributed by atoms with E-state index in [0.29, 0.717) is 17.7 Å². The van der Waals surface area contributed by atoms with Crippen molar-refractivity contribution in [3.05, 3.63) is 70.5 Å². The largest absolute Gasteiger partial charge is 0.481 e. The number of alkyl halides is 6. The number of rotatable bonds is 7. The molecule has 5 nitrogen and oxygen atoms in total. The van der Waals surface area contributed by atoms with Gasteiger partial charge in [-0.3, -0.25) is 4.79 Å². The van der Waals surface area contributed by atoms with Gasteiger partial charge in [0, 0.05) is 24.0 Å². The molecule has 0 aromatic heterocycles. The molecule has 1 unspecified atom stereocenters. The summed E-state index contributed by atoms with van der Waals surface area (Å²) < 4.78 is 99.3. The lowest BCUT2D eigenvalue weighted by atomic mass is 9.78. The van der Waals surface area contributed by atoms with Gasteiger partial charge in [-0.15, -0.1) is 0 Å². The van der Waals surface area contributed by atoms with Crippen molar-refractivity contribution in [1.82, 2.24) is 5.32 Å². The number of carboxylic acids is 1. The van der Waals surface area contributed by atoms with E-state index in [-0.39, 0.29) is 18.2 Å². The van der Waals surface area contributed by atoms with Crippen molar-refractivity contribution in [3.63, 3.8) is 0 Å². The molecule has 0 spiro atoms. The van der Waals surface area contributed by atoms with Gasteiger partial charge in [0.05, 0.1) is 29.8 Å². The second-order valence-corrected chi connectivity index (χ2v) is 9.20. The van der Waals surface area contributed by atoms with Crippen molar-refractivity contribution in [1.29, 1.82) is 0 Å². The molecule has 0 radical (unpaired) electrons. The maximum atomic E-state index is 13.5. The molecule has 12 heteroatoms. The van der Waals surface area contributed by atoms with Crippen LogP contribution in [-0.4, -0.2) is 35.3 Å². The Kier molecular flexibility index (Phi) is 7.73. The molecule has 36 heavy (non-hydrogen) atoms. The first-order valence-corrected chi connectivity index (χ1v) is 10.9. The maximum absolute atomic E-state index is 13.5. The number of halogens is 7. The summed E-state index contributed by atoms with van der Waals surface area (Å²) in [6.07, 6.45) is -12.5. The average molecular weight is 522 g/mol. The van der Waals surface area contributed by atoms with Gasteiger partial charge in [0.2, 0.25) is 0 Å². The van der Waals surface area contributed by atoms with Crippen molar-refractivity contribution >= 4 is 5.97 Å². The predicted molar refractivity (Wildman–Crippen MR) is 116 cm³/mol. The highest BCUT2D eigenvalue weighted by Crippen LogP contribution is 2.41. The standard InChI is InChI=1S/C24H25F7N2O3/c1-12(14-7-15(23(26,27)28)9-16(8-14)24(29,30)31)36-18-11-33-21(22(2,32)10-19(34)35)20(18)13-3-5-17(25)6-4-13/h3-9,12,18,20-21,33H,10-11,32H2,1-2H3,(H,34,35)/t12-,18+,20-,21-,22?/m1/s1.